The zero-order valence-corrected chi connectivity index (χ0v) is 18.2. The minimum Gasteiger partial charge on any atom is -0.489 e. The molecule has 3 aromatic carbocycles. The number of amides is 2. The van der Waals surface area contributed by atoms with E-state index in [2.05, 4.69) is 5.32 Å². The van der Waals surface area contributed by atoms with Gasteiger partial charge in [0.1, 0.15) is 18.1 Å². The fourth-order valence-electron chi connectivity index (χ4n) is 2.52. The topological polar surface area (TPSA) is 67.9 Å². The van der Waals surface area contributed by atoms with E-state index in [1.54, 1.807) is 50.5 Å². The summed E-state index contributed by atoms with van der Waals surface area (Å²) < 4.78 is 11.3. The molecule has 6 nitrogen and oxygen atoms in total. The maximum atomic E-state index is 12.1. The standard InChI is InChI=1S/C24H24N2O4S/c1-26(2)24(28)31-22-14-8-19(9-15-22)25-23(27)17-30-21-12-10-20(11-13-21)29-16-18-6-4-3-5-7-18/h3-15H,16-17H2,1-2H3,(H,25,27). The molecule has 2 amide bonds. The second kappa shape index (κ2) is 11.1. The zero-order chi connectivity index (χ0) is 22.1. The van der Waals surface area contributed by atoms with Gasteiger partial charge < -0.3 is 19.7 Å². The lowest BCUT2D eigenvalue weighted by Gasteiger charge is -2.10. The van der Waals surface area contributed by atoms with Crippen LogP contribution in [-0.4, -0.2) is 36.7 Å². The van der Waals surface area contributed by atoms with Crippen molar-refractivity contribution < 1.29 is 19.1 Å². The van der Waals surface area contributed by atoms with Crippen LogP contribution in [0.25, 0.3) is 0 Å². The smallest absolute Gasteiger partial charge is 0.285 e. The van der Waals surface area contributed by atoms with Gasteiger partial charge in [-0.1, -0.05) is 30.3 Å². The molecule has 0 heterocycles. The Hall–Kier alpha value is -3.45. The van der Waals surface area contributed by atoms with Crippen LogP contribution in [0.2, 0.25) is 0 Å². The number of anilines is 1. The number of carbonyl (C=O) groups is 2. The Morgan fingerprint density at radius 1 is 0.839 bits per heavy atom. The summed E-state index contributed by atoms with van der Waals surface area (Å²) in [5.41, 5.74) is 1.73. The van der Waals surface area contributed by atoms with Crippen molar-refractivity contribution in [1.82, 2.24) is 4.90 Å². The molecule has 0 aliphatic carbocycles. The highest BCUT2D eigenvalue weighted by atomic mass is 32.2. The molecule has 0 saturated carbocycles. The van der Waals surface area contributed by atoms with Crippen LogP contribution in [0.4, 0.5) is 10.5 Å². The number of nitrogens with zero attached hydrogens (tertiary/aromatic N) is 1. The van der Waals surface area contributed by atoms with Gasteiger partial charge in [-0.15, -0.1) is 0 Å². The number of carbonyl (C=O) groups excluding carboxylic acids is 2. The van der Waals surface area contributed by atoms with Crippen molar-refractivity contribution in [2.45, 2.75) is 11.5 Å². The van der Waals surface area contributed by atoms with E-state index >= 15 is 0 Å². The summed E-state index contributed by atoms with van der Waals surface area (Å²) in [6, 6.07) is 24.1. The largest absolute Gasteiger partial charge is 0.489 e. The molecule has 0 unspecified atom stereocenters. The summed E-state index contributed by atoms with van der Waals surface area (Å²) >= 11 is 1.13. The van der Waals surface area contributed by atoms with E-state index in [1.165, 1.54) is 4.90 Å². The highest BCUT2D eigenvalue weighted by Gasteiger charge is 2.08. The second-order valence-corrected chi connectivity index (χ2v) is 7.89. The third-order valence-electron chi connectivity index (χ3n) is 4.15. The van der Waals surface area contributed by atoms with Gasteiger partial charge in [-0.05, 0) is 65.9 Å². The quantitative estimate of drug-likeness (QED) is 0.500. The Morgan fingerprint density at radius 3 is 2.06 bits per heavy atom. The van der Waals surface area contributed by atoms with E-state index in [0.717, 1.165) is 28.0 Å². The molecule has 3 rings (SSSR count). The number of benzene rings is 3. The fraction of sp³-hybridized carbons (Fsp3) is 0.167. The third-order valence-corrected chi connectivity index (χ3v) is 5.20. The minimum atomic E-state index is -0.269. The average Bonchev–Trinajstić information content (AvgIpc) is 2.79. The summed E-state index contributed by atoms with van der Waals surface area (Å²) in [6.07, 6.45) is 0. The molecule has 160 valence electrons. The maximum absolute atomic E-state index is 12.1. The summed E-state index contributed by atoms with van der Waals surface area (Å²) in [4.78, 5) is 26.2. The Bertz CT molecular complexity index is 990. The lowest BCUT2D eigenvalue weighted by molar-refractivity contribution is -0.118. The normalized spacial score (nSPS) is 10.3. The van der Waals surface area contributed by atoms with E-state index in [4.69, 9.17) is 9.47 Å². The van der Waals surface area contributed by atoms with Crippen molar-refractivity contribution in [2.75, 3.05) is 26.0 Å². The first-order chi connectivity index (χ1) is 15.0. The van der Waals surface area contributed by atoms with E-state index in [1.807, 2.05) is 42.5 Å². The van der Waals surface area contributed by atoms with Gasteiger partial charge in [0.15, 0.2) is 6.61 Å². The van der Waals surface area contributed by atoms with Gasteiger partial charge in [0, 0.05) is 24.7 Å². The fourth-order valence-corrected chi connectivity index (χ4v) is 3.17. The van der Waals surface area contributed by atoms with Crippen molar-refractivity contribution in [2.24, 2.45) is 0 Å². The molecule has 0 aliphatic rings. The first kappa shape index (κ1) is 22.2. The van der Waals surface area contributed by atoms with Crippen molar-refractivity contribution >= 4 is 28.6 Å². The highest BCUT2D eigenvalue weighted by molar-refractivity contribution is 8.13. The van der Waals surface area contributed by atoms with Gasteiger partial charge in [-0.3, -0.25) is 9.59 Å². The summed E-state index contributed by atoms with van der Waals surface area (Å²) in [6.45, 7) is 0.379. The molecule has 0 atom stereocenters. The van der Waals surface area contributed by atoms with E-state index in [-0.39, 0.29) is 17.8 Å². The maximum Gasteiger partial charge on any atom is 0.285 e. The van der Waals surface area contributed by atoms with Gasteiger partial charge in [0.2, 0.25) is 0 Å². The van der Waals surface area contributed by atoms with E-state index in [9.17, 15) is 9.59 Å². The first-order valence-electron chi connectivity index (χ1n) is 9.68. The second-order valence-electron chi connectivity index (χ2n) is 6.87. The van der Waals surface area contributed by atoms with E-state index < -0.39 is 0 Å². The molecule has 31 heavy (non-hydrogen) atoms. The van der Waals surface area contributed by atoms with Crippen molar-refractivity contribution in [3.05, 3.63) is 84.4 Å². The number of hydrogen-bond acceptors (Lipinski definition) is 5. The molecule has 0 radical (unpaired) electrons. The van der Waals surface area contributed by atoms with Crippen LogP contribution in [-0.2, 0) is 11.4 Å². The first-order valence-corrected chi connectivity index (χ1v) is 10.5. The van der Waals surface area contributed by atoms with Crippen LogP contribution in [0.3, 0.4) is 0 Å². The molecule has 3 aromatic rings. The number of hydrogen-bond donors (Lipinski definition) is 1. The predicted molar refractivity (Wildman–Crippen MR) is 123 cm³/mol. The zero-order valence-electron chi connectivity index (χ0n) is 17.4. The molecule has 0 aliphatic heterocycles. The summed E-state index contributed by atoms with van der Waals surface area (Å²) in [5, 5.41) is 2.72. The van der Waals surface area contributed by atoms with Gasteiger partial charge in [0.05, 0.1) is 0 Å². The van der Waals surface area contributed by atoms with Crippen molar-refractivity contribution in [3.8, 4) is 11.5 Å². The molecule has 0 spiro atoms. The van der Waals surface area contributed by atoms with Gasteiger partial charge in [-0.2, -0.15) is 0 Å². The number of rotatable bonds is 8. The van der Waals surface area contributed by atoms with Crippen LogP contribution >= 0.6 is 11.8 Å². The minimum absolute atomic E-state index is 0.0540. The molecular weight excluding hydrogens is 412 g/mol. The molecule has 1 N–H and O–H groups in total. The lowest BCUT2D eigenvalue weighted by atomic mass is 10.2. The molecule has 7 heteroatoms. The Morgan fingerprint density at radius 2 is 1.45 bits per heavy atom. The third kappa shape index (κ3) is 7.38. The molecule has 0 saturated heterocycles. The van der Waals surface area contributed by atoms with Gasteiger partial charge in [-0.25, -0.2) is 0 Å². The van der Waals surface area contributed by atoms with Crippen LogP contribution < -0.4 is 14.8 Å². The van der Waals surface area contributed by atoms with E-state index in [0.29, 0.717) is 18.0 Å². The van der Waals surface area contributed by atoms with Crippen LogP contribution in [0, 0.1) is 0 Å². The molecule has 0 bridgehead atoms. The summed E-state index contributed by atoms with van der Waals surface area (Å²) in [5.74, 6) is 1.04. The SMILES string of the molecule is CN(C)C(=O)Sc1ccc(NC(=O)COc2ccc(OCc3ccccc3)cc2)cc1. The molecule has 0 fully saturated rings. The monoisotopic (exact) mass is 436 g/mol. The lowest BCUT2D eigenvalue weighted by Crippen LogP contribution is -2.20. The van der Waals surface area contributed by atoms with Crippen LogP contribution in [0.5, 0.6) is 11.5 Å². The molecule has 0 aromatic heterocycles. The Balaban J connectivity index is 1.42. The Labute approximate surface area is 186 Å². The highest BCUT2D eigenvalue weighted by Crippen LogP contribution is 2.22. The number of thioether (sulfide) groups is 1. The number of ether oxygens (including phenoxy) is 2. The van der Waals surface area contributed by atoms with Gasteiger partial charge in [0.25, 0.3) is 11.1 Å². The molecular formula is C24H24N2O4S. The van der Waals surface area contributed by atoms with Crippen molar-refractivity contribution in [3.63, 3.8) is 0 Å². The Kier molecular flexibility index (Phi) is 7.95. The summed E-state index contributed by atoms with van der Waals surface area (Å²) in [7, 11) is 3.41. The van der Waals surface area contributed by atoms with Gasteiger partial charge >= 0.3 is 0 Å². The van der Waals surface area contributed by atoms with Crippen molar-refractivity contribution in [1.29, 1.82) is 0 Å². The predicted octanol–water partition coefficient (Wildman–Crippen LogP) is 5.06. The van der Waals surface area contributed by atoms with Crippen LogP contribution in [0.15, 0.2) is 83.8 Å². The average molecular weight is 437 g/mol. The van der Waals surface area contributed by atoms with Crippen LogP contribution in [0.1, 0.15) is 5.56 Å². The number of nitrogens with one attached hydrogen (secondary N) is 1.